The molecule has 0 spiro atoms. The minimum atomic E-state index is -0.922. The molecular weight excluding hydrogens is 466 g/mol. The number of fused-ring (bicyclic) bond motifs is 1. The normalized spacial score (nSPS) is 10.8. The van der Waals surface area contributed by atoms with Gasteiger partial charge in [0.15, 0.2) is 17.0 Å². The van der Waals surface area contributed by atoms with Gasteiger partial charge in [0.1, 0.15) is 36.1 Å². The molecule has 2 heterocycles. The standard InChI is InChI=1S/C18H17BrF2N6O3/c1-3-29-6-7-30-26-18(28)16-13(23-11-5-4-9(19)8-10(11)20)12(21)14-15(24-16)17(22)27(2)25-14/h3-5,8,23H,1,6-7,22H2,2H3,(H,26,28). The molecule has 0 atom stereocenters. The van der Waals surface area contributed by atoms with E-state index in [1.807, 2.05) is 0 Å². The smallest absolute Gasteiger partial charge is 0.295 e. The number of nitrogens with one attached hydrogen (secondary N) is 2. The fourth-order valence-electron chi connectivity index (χ4n) is 2.52. The van der Waals surface area contributed by atoms with Crippen molar-refractivity contribution in [2.45, 2.75) is 0 Å². The van der Waals surface area contributed by atoms with E-state index in [2.05, 4.69) is 43.4 Å². The molecule has 0 fully saturated rings. The van der Waals surface area contributed by atoms with Gasteiger partial charge in [-0.25, -0.2) is 19.2 Å². The van der Waals surface area contributed by atoms with Crippen molar-refractivity contribution in [2.75, 3.05) is 24.3 Å². The Balaban J connectivity index is 2.01. The third kappa shape index (κ3) is 4.33. The third-order valence-corrected chi connectivity index (χ3v) is 4.44. The highest BCUT2D eigenvalue weighted by molar-refractivity contribution is 9.10. The maximum atomic E-state index is 15.3. The first-order chi connectivity index (χ1) is 14.3. The van der Waals surface area contributed by atoms with E-state index >= 15 is 4.39 Å². The highest BCUT2D eigenvalue weighted by Crippen LogP contribution is 2.32. The molecule has 0 bridgehead atoms. The highest BCUT2D eigenvalue weighted by atomic mass is 79.9. The molecule has 0 unspecified atom stereocenters. The number of anilines is 3. The molecule has 2 aromatic heterocycles. The first kappa shape index (κ1) is 21.5. The van der Waals surface area contributed by atoms with Crippen LogP contribution in [0.5, 0.6) is 0 Å². The van der Waals surface area contributed by atoms with E-state index < -0.39 is 23.2 Å². The summed E-state index contributed by atoms with van der Waals surface area (Å²) in [5, 5.41) is 6.54. The Morgan fingerprint density at radius 1 is 1.37 bits per heavy atom. The summed E-state index contributed by atoms with van der Waals surface area (Å²) in [6, 6.07) is 4.12. The van der Waals surface area contributed by atoms with E-state index in [4.69, 9.17) is 15.3 Å². The lowest BCUT2D eigenvalue weighted by Gasteiger charge is -2.14. The van der Waals surface area contributed by atoms with Crippen LogP contribution in [0.1, 0.15) is 10.5 Å². The Hall–Kier alpha value is -3.25. The van der Waals surface area contributed by atoms with Gasteiger partial charge in [-0.3, -0.25) is 14.3 Å². The van der Waals surface area contributed by atoms with Crippen LogP contribution in [0.4, 0.5) is 26.0 Å². The van der Waals surface area contributed by atoms with Gasteiger partial charge in [-0.05, 0) is 18.2 Å². The van der Waals surface area contributed by atoms with Crippen LogP contribution < -0.4 is 16.5 Å². The van der Waals surface area contributed by atoms with Crippen molar-refractivity contribution >= 4 is 50.1 Å². The molecule has 12 heteroatoms. The van der Waals surface area contributed by atoms with Crippen molar-refractivity contribution in [3.63, 3.8) is 0 Å². The van der Waals surface area contributed by atoms with Crippen LogP contribution >= 0.6 is 15.9 Å². The number of rotatable bonds is 8. The monoisotopic (exact) mass is 482 g/mol. The number of hydrogen-bond acceptors (Lipinski definition) is 7. The summed E-state index contributed by atoms with van der Waals surface area (Å²) in [4.78, 5) is 21.7. The van der Waals surface area contributed by atoms with Gasteiger partial charge in [0.25, 0.3) is 5.91 Å². The zero-order chi connectivity index (χ0) is 21.8. The molecule has 9 nitrogen and oxygen atoms in total. The Morgan fingerprint density at radius 3 is 2.83 bits per heavy atom. The lowest BCUT2D eigenvalue weighted by atomic mass is 10.2. The Labute approximate surface area is 177 Å². The molecule has 3 rings (SSSR count). The van der Waals surface area contributed by atoms with Gasteiger partial charge < -0.3 is 15.8 Å². The lowest BCUT2D eigenvalue weighted by molar-refractivity contribution is 0.0142. The topological polar surface area (TPSA) is 116 Å². The van der Waals surface area contributed by atoms with Gasteiger partial charge in [0, 0.05) is 11.5 Å². The fraction of sp³-hybridized carbons (Fsp3) is 0.167. The van der Waals surface area contributed by atoms with E-state index in [-0.39, 0.29) is 41.4 Å². The number of pyridine rings is 1. The second-order valence-electron chi connectivity index (χ2n) is 5.92. The van der Waals surface area contributed by atoms with Crippen LogP contribution in [-0.4, -0.2) is 33.9 Å². The van der Waals surface area contributed by atoms with E-state index in [1.165, 1.54) is 30.1 Å². The SMILES string of the molecule is C=COCCONC(=O)c1nc2c(N)n(C)nc2c(F)c1Nc1ccc(Br)cc1F. The molecule has 30 heavy (non-hydrogen) atoms. The number of carbonyl (C=O) groups excluding carboxylic acids is 1. The minimum Gasteiger partial charge on any atom is -0.499 e. The maximum Gasteiger partial charge on any atom is 0.295 e. The number of hydroxylamine groups is 1. The Bertz CT molecular complexity index is 1120. The molecule has 0 aliphatic carbocycles. The minimum absolute atomic E-state index is 0.00161. The molecule has 0 saturated carbocycles. The Morgan fingerprint density at radius 2 is 2.13 bits per heavy atom. The number of amides is 1. The van der Waals surface area contributed by atoms with Gasteiger partial charge >= 0.3 is 0 Å². The molecule has 158 valence electrons. The van der Waals surface area contributed by atoms with Crippen molar-refractivity contribution < 1.29 is 23.1 Å². The van der Waals surface area contributed by atoms with Crippen LogP contribution in [-0.2, 0) is 16.6 Å². The number of halogens is 3. The van der Waals surface area contributed by atoms with Crippen molar-refractivity contribution in [1.29, 1.82) is 0 Å². The molecule has 0 saturated heterocycles. The summed E-state index contributed by atoms with van der Waals surface area (Å²) in [6.07, 6.45) is 1.22. The van der Waals surface area contributed by atoms with Crippen LogP contribution in [0.15, 0.2) is 35.5 Å². The van der Waals surface area contributed by atoms with Crippen LogP contribution in [0.2, 0.25) is 0 Å². The molecular formula is C18H17BrF2N6O3. The van der Waals surface area contributed by atoms with E-state index in [0.29, 0.717) is 4.47 Å². The van der Waals surface area contributed by atoms with Crippen molar-refractivity contribution in [3.05, 3.63) is 52.8 Å². The van der Waals surface area contributed by atoms with Gasteiger partial charge in [-0.1, -0.05) is 22.5 Å². The zero-order valence-corrected chi connectivity index (χ0v) is 17.3. The van der Waals surface area contributed by atoms with E-state index in [9.17, 15) is 9.18 Å². The number of aromatic nitrogens is 3. The summed E-state index contributed by atoms with van der Waals surface area (Å²) >= 11 is 3.15. The number of aryl methyl sites for hydroxylation is 1. The lowest BCUT2D eigenvalue weighted by Crippen LogP contribution is -2.27. The highest BCUT2D eigenvalue weighted by Gasteiger charge is 2.25. The predicted molar refractivity (Wildman–Crippen MR) is 110 cm³/mol. The van der Waals surface area contributed by atoms with E-state index in [0.717, 1.165) is 0 Å². The number of ether oxygens (including phenoxy) is 1. The van der Waals surface area contributed by atoms with Crippen LogP contribution in [0.25, 0.3) is 11.0 Å². The van der Waals surface area contributed by atoms with Gasteiger partial charge in [0.2, 0.25) is 0 Å². The quantitative estimate of drug-likeness (QED) is 0.256. The molecule has 0 aliphatic heterocycles. The van der Waals surface area contributed by atoms with Crippen molar-refractivity contribution in [2.24, 2.45) is 7.05 Å². The average Bonchev–Trinajstić information content (AvgIpc) is 3.00. The predicted octanol–water partition coefficient (Wildman–Crippen LogP) is 3.16. The number of hydrogen-bond donors (Lipinski definition) is 3. The van der Waals surface area contributed by atoms with Gasteiger partial charge in [-0.2, -0.15) is 5.10 Å². The van der Waals surface area contributed by atoms with Crippen LogP contribution in [0, 0.1) is 11.6 Å². The largest absolute Gasteiger partial charge is 0.499 e. The Kier molecular flexibility index (Phi) is 6.47. The maximum absolute atomic E-state index is 15.3. The second-order valence-corrected chi connectivity index (χ2v) is 6.84. The number of nitrogen functional groups attached to an aromatic ring is 1. The molecule has 1 amide bonds. The number of benzene rings is 1. The van der Waals surface area contributed by atoms with Crippen LogP contribution in [0.3, 0.4) is 0 Å². The van der Waals surface area contributed by atoms with Gasteiger partial charge in [-0.15, -0.1) is 0 Å². The fourth-order valence-corrected chi connectivity index (χ4v) is 2.85. The molecule has 0 radical (unpaired) electrons. The molecule has 4 N–H and O–H groups in total. The summed E-state index contributed by atoms with van der Waals surface area (Å²) < 4.78 is 36.1. The summed E-state index contributed by atoms with van der Waals surface area (Å²) in [7, 11) is 1.50. The average molecular weight is 483 g/mol. The zero-order valence-electron chi connectivity index (χ0n) is 15.7. The van der Waals surface area contributed by atoms with Crippen molar-refractivity contribution in [1.82, 2.24) is 20.2 Å². The first-order valence-corrected chi connectivity index (χ1v) is 9.31. The summed E-state index contributed by atoms with van der Waals surface area (Å²) in [5.41, 5.74) is 6.96. The number of carbonyl (C=O) groups is 1. The van der Waals surface area contributed by atoms with Crippen molar-refractivity contribution in [3.8, 4) is 0 Å². The molecule has 0 aliphatic rings. The number of nitrogens with zero attached hydrogens (tertiary/aromatic N) is 3. The molecule has 3 aromatic rings. The molecule has 1 aromatic carbocycles. The van der Waals surface area contributed by atoms with Gasteiger partial charge in [0.05, 0.1) is 11.9 Å². The number of nitrogens with two attached hydrogens (primary N) is 1. The van der Waals surface area contributed by atoms with E-state index in [1.54, 1.807) is 6.07 Å². The third-order valence-electron chi connectivity index (χ3n) is 3.95. The summed E-state index contributed by atoms with van der Waals surface area (Å²) in [6.45, 7) is 3.51. The first-order valence-electron chi connectivity index (χ1n) is 8.51. The summed E-state index contributed by atoms with van der Waals surface area (Å²) in [5.74, 6) is -2.42. The second kappa shape index (κ2) is 9.05.